The Labute approximate surface area is 115 Å². The standard InChI is InChI=1S/C12H18BrN3O2/c13-11-7-9(14)8-15-12(11)16-3-1-10(2-4-16)18-6-5-17/h7-8,10,17H,1-6,14H2. The van der Waals surface area contributed by atoms with Crippen LogP contribution in [0.1, 0.15) is 12.8 Å². The van der Waals surface area contributed by atoms with Crippen LogP contribution in [0.25, 0.3) is 0 Å². The number of hydrogen-bond acceptors (Lipinski definition) is 5. The lowest BCUT2D eigenvalue weighted by atomic mass is 10.1. The lowest BCUT2D eigenvalue weighted by molar-refractivity contribution is 0.0158. The SMILES string of the molecule is Nc1cnc(N2CCC(OCCO)CC2)c(Br)c1. The van der Waals surface area contributed by atoms with E-state index in [-0.39, 0.29) is 12.7 Å². The Hall–Kier alpha value is -0.850. The molecular formula is C12H18BrN3O2. The molecule has 1 fully saturated rings. The van der Waals surface area contributed by atoms with Gasteiger partial charge in [0, 0.05) is 13.1 Å². The van der Waals surface area contributed by atoms with E-state index in [4.69, 9.17) is 15.6 Å². The maximum absolute atomic E-state index is 8.73. The number of nitrogens with two attached hydrogens (primary N) is 1. The van der Waals surface area contributed by atoms with Crippen molar-refractivity contribution in [1.29, 1.82) is 0 Å². The lowest BCUT2D eigenvalue weighted by Crippen LogP contribution is -2.38. The summed E-state index contributed by atoms with van der Waals surface area (Å²) in [5.74, 6) is 0.935. The van der Waals surface area contributed by atoms with Crippen molar-refractivity contribution < 1.29 is 9.84 Å². The largest absolute Gasteiger partial charge is 0.397 e. The Kier molecular flexibility index (Phi) is 4.79. The number of rotatable bonds is 4. The van der Waals surface area contributed by atoms with E-state index >= 15 is 0 Å². The first-order chi connectivity index (χ1) is 8.70. The highest BCUT2D eigenvalue weighted by molar-refractivity contribution is 9.10. The van der Waals surface area contributed by atoms with Gasteiger partial charge in [-0.3, -0.25) is 0 Å². The molecule has 3 N–H and O–H groups in total. The zero-order valence-electron chi connectivity index (χ0n) is 10.2. The summed E-state index contributed by atoms with van der Waals surface area (Å²) in [7, 11) is 0. The monoisotopic (exact) mass is 315 g/mol. The predicted octanol–water partition coefficient (Wildman–Crippen LogP) is 1.40. The summed E-state index contributed by atoms with van der Waals surface area (Å²) in [6.45, 7) is 2.33. The van der Waals surface area contributed by atoms with E-state index < -0.39 is 0 Å². The van der Waals surface area contributed by atoms with Gasteiger partial charge in [-0.25, -0.2) is 4.98 Å². The average Bonchev–Trinajstić information content (AvgIpc) is 2.37. The minimum atomic E-state index is 0.0886. The number of aliphatic hydroxyl groups is 1. The quantitative estimate of drug-likeness (QED) is 0.879. The van der Waals surface area contributed by atoms with Crippen LogP contribution in [0.5, 0.6) is 0 Å². The molecule has 18 heavy (non-hydrogen) atoms. The fraction of sp³-hybridized carbons (Fsp3) is 0.583. The van der Waals surface area contributed by atoms with Crippen molar-refractivity contribution in [3.8, 4) is 0 Å². The van der Waals surface area contributed by atoms with Crippen LogP contribution in [0.3, 0.4) is 0 Å². The molecule has 1 aromatic heterocycles. The van der Waals surface area contributed by atoms with Crippen molar-refractivity contribution in [2.45, 2.75) is 18.9 Å². The van der Waals surface area contributed by atoms with Crippen LogP contribution in [-0.4, -0.2) is 42.5 Å². The summed E-state index contributed by atoms with van der Waals surface area (Å²) < 4.78 is 6.46. The van der Waals surface area contributed by atoms with Crippen molar-refractivity contribution in [2.75, 3.05) is 36.9 Å². The molecule has 0 amide bonds. The Bertz CT molecular complexity index is 395. The van der Waals surface area contributed by atoms with E-state index in [1.54, 1.807) is 6.20 Å². The van der Waals surface area contributed by atoms with E-state index in [2.05, 4.69) is 25.8 Å². The molecule has 1 aliphatic heterocycles. The summed E-state index contributed by atoms with van der Waals surface area (Å²) in [5, 5.41) is 8.73. The Morgan fingerprint density at radius 3 is 2.83 bits per heavy atom. The van der Waals surface area contributed by atoms with Gasteiger partial charge in [-0.05, 0) is 34.8 Å². The van der Waals surface area contributed by atoms with Gasteiger partial charge in [0.05, 0.1) is 35.7 Å². The van der Waals surface area contributed by atoms with Crippen LogP contribution >= 0.6 is 15.9 Å². The second-order valence-corrected chi connectivity index (χ2v) is 5.21. The van der Waals surface area contributed by atoms with E-state index in [1.807, 2.05) is 6.07 Å². The number of nitrogens with zero attached hydrogens (tertiary/aromatic N) is 2. The van der Waals surface area contributed by atoms with Gasteiger partial charge in [0.15, 0.2) is 0 Å². The number of hydrogen-bond donors (Lipinski definition) is 2. The van der Waals surface area contributed by atoms with Crippen LogP contribution < -0.4 is 10.6 Å². The molecule has 0 unspecified atom stereocenters. The first kappa shape index (κ1) is 13.6. The van der Waals surface area contributed by atoms with E-state index in [1.165, 1.54) is 0 Å². The second kappa shape index (κ2) is 6.36. The molecule has 0 bridgehead atoms. The number of aromatic nitrogens is 1. The van der Waals surface area contributed by atoms with Crippen LogP contribution in [0.2, 0.25) is 0 Å². The molecule has 1 saturated heterocycles. The molecule has 0 radical (unpaired) electrons. The molecule has 100 valence electrons. The predicted molar refractivity (Wildman–Crippen MR) is 74.6 cm³/mol. The van der Waals surface area contributed by atoms with E-state index in [0.717, 1.165) is 36.2 Å². The Morgan fingerprint density at radius 2 is 2.22 bits per heavy atom. The van der Waals surface area contributed by atoms with E-state index in [0.29, 0.717) is 12.3 Å². The highest BCUT2D eigenvalue weighted by Gasteiger charge is 2.21. The minimum Gasteiger partial charge on any atom is -0.397 e. The molecule has 0 spiro atoms. The van der Waals surface area contributed by atoms with Crippen LogP contribution in [0.15, 0.2) is 16.7 Å². The number of piperidine rings is 1. The van der Waals surface area contributed by atoms with Crippen molar-refractivity contribution in [3.05, 3.63) is 16.7 Å². The maximum atomic E-state index is 8.73. The zero-order chi connectivity index (χ0) is 13.0. The third-order valence-electron chi connectivity index (χ3n) is 3.03. The van der Waals surface area contributed by atoms with Gasteiger partial charge in [-0.15, -0.1) is 0 Å². The summed E-state index contributed by atoms with van der Waals surface area (Å²) in [4.78, 5) is 6.59. The number of nitrogen functional groups attached to an aromatic ring is 1. The molecule has 5 nitrogen and oxygen atoms in total. The summed E-state index contributed by atoms with van der Waals surface area (Å²) in [6, 6.07) is 1.87. The van der Waals surface area contributed by atoms with Gasteiger partial charge in [0.25, 0.3) is 0 Å². The number of anilines is 2. The first-order valence-corrected chi connectivity index (χ1v) is 6.88. The Balaban J connectivity index is 1.93. The van der Waals surface area contributed by atoms with Crippen molar-refractivity contribution in [2.24, 2.45) is 0 Å². The van der Waals surface area contributed by atoms with Gasteiger partial charge in [-0.2, -0.15) is 0 Å². The summed E-state index contributed by atoms with van der Waals surface area (Å²) in [5.41, 5.74) is 6.34. The van der Waals surface area contributed by atoms with Gasteiger partial charge >= 0.3 is 0 Å². The molecule has 0 saturated carbocycles. The molecule has 1 aromatic rings. The number of pyridine rings is 1. The number of aliphatic hydroxyl groups excluding tert-OH is 1. The lowest BCUT2D eigenvalue weighted by Gasteiger charge is -2.33. The van der Waals surface area contributed by atoms with Crippen molar-refractivity contribution >= 4 is 27.4 Å². The molecule has 1 aliphatic rings. The van der Waals surface area contributed by atoms with Crippen LogP contribution in [0, 0.1) is 0 Å². The second-order valence-electron chi connectivity index (χ2n) is 4.35. The van der Waals surface area contributed by atoms with Gasteiger partial charge in [0.2, 0.25) is 0 Å². The van der Waals surface area contributed by atoms with Gasteiger partial charge in [-0.1, -0.05) is 0 Å². The highest BCUT2D eigenvalue weighted by Crippen LogP contribution is 2.28. The third kappa shape index (κ3) is 3.34. The smallest absolute Gasteiger partial charge is 0.143 e. The molecule has 0 aromatic carbocycles. The maximum Gasteiger partial charge on any atom is 0.143 e. The first-order valence-electron chi connectivity index (χ1n) is 6.09. The highest BCUT2D eigenvalue weighted by atomic mass is 79.9. The molecule has 2 heterocycles. The zero-order valence-corrected chi connectivity index (χ0v) is 11.8. The topological polar surface area (TPSA) is 71.6 Å². The molecular weight excluding hydrogens is 298 g/mol. The van der Waals surface area contributed by atoms with Gasteiger partial charge < -0.3 is 20.5 Å². The summed E-state index contributed by atoms with van der Waals surface area (Å²) >= 11 is 3.49. The fourth-order valence-electron chi connectivity index (χ4n) is 2.13. The normalized spacial score (nSPS) is 17.1. The van der Waals surface area contributed by atoms with E-state index in [9.17, 15) is 0 Å². The summed E-state index contributed by atoms with van der Waals surface area (Å²) in [6.07, 6.45) is 3.84. The van der Waals surface area contributed by atoms with Crippen molar-refractivity contribution in [3.63, 3.8) is 0 Å². The minimum absolute atomic E-state index is 0.0886. The van der Waals surface area contributed by atoms with Gasteiger partial charge in [0.1, 0.15) is 5.82 Å². The number of ether oxygens (including phenoxy) is 1. The fourth-order valence-corrected chi connectivity index (χ4v) is 2.75. The molecule has 6 heteroatoms. The van der Waals surface area contributed by atoms with Crippen molar-refractivity contribution in [1.82, 2.24) is 4.98 Å². The van der Waals surface area contributed by atoms with Crippen LogP contribution in [0.4, 0.5) is 11.5 Å². The van der Waals surface area contributed by atoms with Crippen LogP contribution in [-0.2, 0) is 4.74 Å². The Morgan fingerprint density at radius 1 is 1.50 bits per heavy atom. The molecule has 0 atom stereocenters. The third-order valence-corrected chi connectivity index (χ3v) is 3.61. The molecule has 2 rings (SSSR count). The number of halogens is 1. The average molecular weight is 316 g/mol. The molecule has 0 aliphatic carbocycles.